The molecule has 2 aliphatic rings. The highest BCUT2D eigenvalue weighted by molar-refractivity contribution is 6.14. The van der Waals surface area contributed by atoms with Gasteiger partial charge in [0.1, 0.15) is 11.5 Å². The number of amides is 2. The summed E-state index contributed by atoms with van der Waals surface area (Å²) in [5, 5.41) is 1.94. The highest BCUT2D eigenvalue weighted by Crippen LogP contribution is 2.51. The zero-order valence-electron chi connectivity index (χ0n) is 21.6. The maximum absolute atomic E-state index is 15.0. The van der Waals surface area contributed by atoms with Crippen LogP contribution in [0.3, 0.4) is 0 Å². The lowest BCUT2D eigenvalue weighted by Gasteiger charge is -2.35. The smallest absolute Gasteiger partial charge is 0.425 e. The number of ketones is 1. The lowest BCUT2D eigenvalue weighted by Crippen LogP contribution is -2.66. The van der Waals surface area contributed by atoms with Crippen LogP contribution in [-0.2, 0) is 16.0 Å². The molecule has 2 amide bonds. The summed E-state index contributed by atoms with van der Waals surface area (Å²) in [6.45, 7) is 3.44. The molecule has 1 aliphatic heterocycles. The van der Waals surface area contributed by atoms with Crippen LogP contribution in [0.5, 0.6) is 11.5 Å². The first kappa shape index (κ1) is 27.2. The minimum absolute atomic E-state index is 0.00743. The summed E-state index contributed by atoms with van der Waals surface area (Å²) < 4.78 is 55.1. The Morgan fingerprint density at radius 1 is 1.00 bits per heavy atom. The van der Waals surface area contributed by atoms with Crippen molar-refractivity contribution in [3.63, 3.8) is 0 Å². The van der Waals surface area contributed by atoms with E-state index in [4.69, 9.17) is 9.47 Å². The van der Waals surface area contributed by atoms with E-state index in [-0.39, 0.29) is 42.8 Å². The van der Waals surface area contributed by atoms with Gasteiger partial charge in [-0.15, -0.1) is 0 Å². The first-order valence-corrected chi connectivity index (χ1v) is 12.1. The van der Waals surface area contributed by atoms with Crippen LogP contribution in [0.4, 0.5) is 13.2 Å². The number of benzene rings is 2. The molecule has 1 heterocycles. The van der Waals surface area contributed by atoms with Gasteiger partial charge in [-0.2, -0.15) is 13.2 Å². The van der Waals surface area contributed by atoms with Crippen LogP contribution in [0, 0.1) is 5.41 Å². The van der Waals surface area contributed by atoms with Gasteiger partial charge in [0.05, 0.1) is 19.8 Å². The topological polar surface area (TPSA) is 84.9 Å². The normalized spacial score (nSPS) is 20.9. The van der Waals surface area contributed by atoms with Gasteiger partial charge in [-0.1, -0.05) is 32.0 Å². The second-order valence-corrected chi connectivity index (χ2v) is 10.3. The second kappa shape index (κ2) is 9.81. The molecule has 1 atom stereocenters. The van der Waals surface area contributed by atoms with Gasteiger partial charge in [-0.3, -0.25) is 14.4 Å². The average molecular weight is 531 g/mol. The van der Waals surface area contributed by atoms with Crippen molar-refractivity contribution in [1.82, 2.24) is 10.2 Å². The van der Waals surface area contributed by atoms with Crippen LogP contribution in [0.1, 0.15) is 42.6 Å². The standard InChI is InChI=1S/C28H29F3N2O5/c1-26(2)15-21-23(22(34)16-26)27(28(29,30)31,32-24(35)18-6-5-7-20(14-18)38-4)25(36)33(21)13-12-17-8-10-19(37-3)11-9-17/h5-11,14H,12-13,15-16H2,1-4H3,(H,32,35)/t27-/m1/s1. The van der Waals surface area contributed by atoms with Crippen molar-refractivity contribution in [1.29, 1.82) is 0 Å². The predicted octanol–water partition coefficient (Wildman–Crippen LogP) is 4.46. The minimum Gasteiger partial charge on any atom is -0.497 e. The molecule has 0 bridgehead atoms. The quantitative estimate of drug-likeness (QED) is 0.572. The van der Waals surface area contributed by atoms with Gasteiger partial charge in [0.15, 0.2) is 5.78 Å². The van der Waals surface area contributed by atoms with Gasteiger partial charge >= 0.3 is 6.18 Å². The van der Waals surface area contributed by atoms with E-state index in [0.717, 1.165) is 10.5 Å². The molecule has 0 saturated carbocycles. The molecule has 0 unspecified atom stereocenters. The lowest BCUT2D eigenvalue weighted by molar-refractivity contribution is -0.190. The number of Topliss-reactive ketones (excluding diaryl/α,β-unsaturated/α-hetero) is 1. The van der Waals surface area contributed by atoms with Gasteiger partial charge in [0, 0.05) is 24.2 Å². The van der Waals surface area contributed by atoms with Crippen molar-refractivity contribution in [3.8, 4) is 11.5 Å². The molecular weight excluding hydrogens is 501 g/mol. The van der Waals surface area contributed by atoms with Gasteiger partial charge in [-0.25, -0.2) is 0 Å². The molecule has 38 heavy (non-hydrogen) atoms. The summed E-state index contributed by atoms with van der Waals surface area (Å²) in [6, 6.07) is 12.5. The third-order valence-corrected chi connectivity index (χ3v) is 6.96. The van der Waals surface area contributed by atoms with Crippen molar-refractivity contribution in [2.45, 2.75) is 44.8 Å². The van der Waals surface area contributed by atoms with Crippen LogP contribution in [-0.4, -0.2) is 55.0 Å². The highest BCUT2D eigenvalue weighted by Gasteiger charge is 2.71. The van der Waals surface area contributed by atoms with Crippen LogP contribution in [0.15, 0.2) is 59.8 Å². The van der Waals surface area contributed by atoms with Crippen LogP contribution < -0.4 is 14.8 Å². The number of hydrogen-bond donors (Lipinski definition) is 1. The molecule has 1 aliphatic carbocycles. The summed E-state index contributed by atoms with van der Waals surface area (Å²) in [4.78, 5) is 41.2. The van der Waals surface area contributed by atoms with Gasteiger partial charge in [0.25, 0.3) is 11.8 Å². The second-order valence-electron chi connectivity index (χ2n) is 10.3. The molecule has 202 valence electrons. The van der Waals surface area contributed by atoms with Gasteiger partial charge in [-0.05, 0) is 54.2 Å². The van der Waals surface area contributed by atoms with E-state index in [9.17, 15) is 27.6 Å². The monoisotopic (exact) mass is 530 g/mol. The molecule has 0 fully saturated rings. The van der Waals surface area contributed by atoms with Crippen LogP contribution >= 0.6 is 0 Å². The average Bonchev–Trinajstić information content (AvgIpc) is 3.10. The number of carbonyl (C=O) groups excluding carboxylic acids is 3. The Balaban J connectivity index is 1.77. The van der Waals surface area contributed by atoms with Crippen LogP contribution in [0.2, 0.25) is 0 Å². The maximum atomic E-state index is 15.0. The molecule has 0 spiro atoms. The predicted molar refractivity (Wildman–Crippen MR) is 133 cm³/mol. The maximum Gasteiger partial charge on any atom is 0.425 e. The number of hydrogen-bond acceptors (Lipinski definition) is 5. The number of allylic oxidation sites excluding steroid dienone is 1. The molecule has 0 radical (unpaired) electrons. The number of halogens is 3. The van der Waals surface area contributed by atoms with E-state index < -0.39 is 40.3 Å². The summed E-state index contributed by atoms with van der Waals surface area (Å²) in [6.07, 6.45) is -5.14. The molecule has 10 heteroatoms. The van der Waals surface area contributed by atoms with E-state index >= 15 is 0 Å². The largest absolute Gasteiger partial charge is 0.497 e. The van der Waals surface area contributed by atoms with E-state index in [2.05, 4.69) is 0 Å². The molecule has 0 aromatic heterocycles. The molecule has 2 aromatic carbocycles. The SMILES string of the molecule is COc1ccc(CCN2C(=O)[C@@](NC(=O)c3cccc(OC)c3)(C(F)(F)F)C3=C2CC(C)(C)CC3=O)cc1. The summed E-state index contributed by atoms with van der Waals surface area (Å²) in [7, 11) is 2.87. The molecule has 2 aromatic rings. The van der Waals surface area contributed by atoms with Crippen molar-refractivity contribution >= 4 is 17.6 Å². The Kier molecular flexibility index (Phi) is 7.03. The molecule has 4 rings (SSSR count). The molecule has 0 saturated heterocycles. The molecule has 1 N–H and O–H groups in total. The zero-order valence-corrected chi connectivity index (χ0v) is 21.6. The van der Waals surface area contributed by atoms with Crippen molar-refractivity contribution < 1.29 is 37.0 Å². The fourth-order valence-corrected chi connectivity index (χ4v) is 5.10. The fraction of sp³-hybridized carbons (Fsp3) is 0.393. The zero-order chi connectivity index (χ0) is 27.9. The highest BCUT2D eigenvalue weighted by atomic mass is 19.4. The Hall–Kier alpha value is -3.82. The van der Waals surface area contributed by atoms with Gasteiger partial charge in [0.2, 0.25) is 5.54 Å². The van der Waals surface area contributed by atoms with E-state index in [1.54, 1.807) is 38.1 Å². The fourth-order valence-electron chi connectivity index (χ4n) is 5.10. The van der Waals surface area contributed by atoms with E-state index in [1.165, 1.54) is 38.5 Å². The Bertz CT molecular complexity index is 1300. The number of alkyl halides is 3. The number of rotatable bonds is 7. The third-order valence-electron chi connectivity index (χ3n) is 6.96. The van der Waals surface area contributed by atoms with E-state index in [0.29, 0.717) is 5.75 Å². The summed E-state index contributed by atoms with van der Waals surface area (Å²) in [5.74, 6) is -2.46. The Morgan fingerprint density at radius 3 is 2.26 bits per heavy atom. The van der Waals surface area contributed by atoms with E-state index in [1.807, 2.05) is 5.32 Å². The Labute approximate surface area is 218 Å². The van der Waals surface area contributed by atoms with Crippen molar-refractivity contribution in [2.75, 3.05) is 20.8 Å². The molecule has 7 nitrogen and oxygen atoms in total. The third kappa shape index (κ3) is 4.75. The van der Waals surface area contributed by atoms with Gasteiger partial charge < -0.3 is 19.7 Å². The van der Waals surface area contributed by atoms with Crippen molar-refractivity contribution in [2.24, 2.45) is 5.41 Å². The Morgan fingerprint density at radius 2 is 1.66 bits per heavy atom. The number of nitrogens with zero attached hydrogens (tertiary/aromatic N) is 1. The summed E-state index contributed by atoms with van der Waals surface area (Å²) in [5.41, 5.74) is -4.20. The number of methoxy groups -OCH3 is 2. The van der Waals surface area contributed by atoms with Crippen molar-refractivity contribution in [3.05, 3.63) is 70.9 Å². The number of carbonyl (C=O) groups is 3. The first-order chi connectivity index (χ1) is 17.8. The molecular formula is C28H29F3N2O5. The van der Waals surface area contributed by atoms with Crippen LogP contribution in [0.25, 0.3) is 0 Å². The summed E-state index contributed by atoms with van der Waals surface area (Å²) >= 11 is 0. The number of nitrogens with one attached hydrogen (secondary N) is 1. The lowest BCUT2D eigenvalue weighted by atomic mass is 9.72. The minimum atomic E-state index is -5.27. The number of ether oxygens (including phenoxy) is 2. The first-order valence-electron chi connectivity index (χ1n) is 12.1.